The first-order chi connectivity index (χ1) is 20.5. The van der Waals surface area contributed by atoms with Crippen molar-refractivity contribution in [3.05, 3.63) is 34.9 Å². The zero-order chi connectivity index (χ0) is 33.5. The molecule has 2 amide bonds. The second-order valence-corrected chi connectivity index (χ2v) is 11.3. The van der Waals surface area contributed by atoms with Gasteiger partial charge in [-0.3, -0.25) is 14.4 Å². The van der Waals surface area contributed by atoms with Crippen LogP contribution < -0.4 is 10.6 Å². The Morgan fingerprint density at radius 3 is 1.75 bits per heavy atom. The van der Waals surface area contributed by atoms with E-state index in [0.717, 1.165) is 25.7 Å². The number of unbranched alkanes of at least 4 members (excludes halogenated alkanes) is 8. The van der Waals surface area contributed by atoms with E-state index >= 15 is 0 Å². The van der Waals surface area contributed by atoms with Crippen molar-refractivity contribution >= 4 is 23.6 Å². The molecule has 7 nitrogen and oxygen atoms in total. The van der Waals surface area contributed by atoms with Gasteiger partial charge in [0, 0.05) is 6.42 Å². The summed E-state index contributed by atoms with van der Waals surface area (Å²) in [5, 5.41) is 5.05. The van der Waals surface area contributed by atoms with E-state index in [1.807, 2.05) is 13.8 Å². The zero-order valence-electron chi connectivity index (χ0n) is 25.8. The average Bonchev–Trinajstić information content (AvgIpc) is 2.92. The summed E-state index contributed by atoms with van der Waals surface area (Å²) in [6.07, 6.45) is -0.462. The summed E-state index contributed by atoms with van der Waals surface area (Å²) in [6, 6.07) is -1.19. The van der Waals surface area contributed by atoms with E-state index in [0.29, 0.717) is 24.6 Å². The number of rotatable bonds is 19. The topological polar surface area (TPSA) is 102 Å². The van der Waals surface area contributed by atoms with Gasteiger partial charge in [-0.05, 0) is 37.8 Å². The molecule has 0 aliphatic carbocycles. The molecule has 0 bridgehead atoms. The van der Waals surface area contributed by atoms with Gasteiger partial charge in [-0.2, -0.15) is 26.3 Å². The van der Waals surface area contributed by atoms with Gasteiger partial charge in [0.25, 0.3) is 0 Å². The predicted molar refractivity (Wildman–Crippen MR) is 153 cm³/mol. The molecule has 0 heterocycles. The largest absolute Gasteiger partial charge is 0.454 e. The molecule has 0 fully saturated rings. The molecular weight excluding hydrogens is 594 g/mol. The number of Topliss-reactive ketones (excluding diaryl/α,β-unsaturated/α-hetero) is 1. The summed E-state index contributed by atoms with van der Waals surface area (Å²) in [6.45, 7) is 5.84. The Balaban J connectivity index is 2.72. The van der Waals surface area contributed by atoms with Crippen LogP contribution in [-0.4, -0.2) is 42.3 Å². The number of carbonyl (C=O) groups excluding carboxylic acids is 4. The second-order valence-electron chi connectivity index (χ2n) is 11.3. The predicted octanol–water partition coefficient (Wildman–Crippen LogP) is 7.41. The van der Waals surface area contributed by atoms with Crippen LogP contribution in [0.15, 0.2) is 18.2 Å². The van der Waals surface area contributed by atoms with Gasteiger partial charge in [0.2, 0.25) is 11.8 Å². The molecular formula is C31H44F6N2O5. The van der Waals surface area contributed by atoms with Gasteiger partial charge in [0.05, 0.1) is 22.7 Å². The average molecular weight is 639 g/mol. The number of ketones is 1. The van der Waals surface area contributed by atoms with Gasteiger partial charge in [0.15, 0.2) is 12.4 Å². The third-order valence-electron chi connectivity index (χ3n) is 6.93. The van der Waals surface area contributed by atoms with E-state index in [4.69, 9.17) is 0 Å². The van der Waals surface area contributed by atoms with E-state index in [2.05, 4.69) is 22.3 Å². The van der Waals surface area contributed by atoms with Gasteiger partial charge in [-0.15, -0.1) is 0 Å². The fraction of sp³-hybridized carbons (Fsp3) is 0.677. The molecule has 0 spiro atoms. The van der Waals surface area contributed by atoms with E-state index < -0.39 is 65.4 Å². The van der Waals surface area contributed by atoms with Crippen molar-refractivity contribution in [2.24, 2.45) is 5.92 Å². The van der Waals surface area contributed by atoms with Gasteiger partial charge in [-0.25, -0.2) is 4.79 Å². The summed E-state index contributed by atoms with van der Waals surface area (Å²) in [7, 11) is 0. The first-order valence-corrected chi connectivity index (χ1v) is 15.1. The minimum atomic E-state index is -5.30. The van der Waals surface area contributed by atoms with Gasteiger partial charge in [-0.1, -0.05) is 78.2 Å². The molecule has 1 aromatic carbocycles. The highest BCUT2D eigenvalue weighted by molar-refractivity contribution is 5.97. The minimum absolute atomic E-state index is 0.0118. The lowest BCUT2D eigenvalue weighted by molar-refractivity contribution is -0.144. The number of halogens is 6. The lowest BCUT2D eigenvalue weighted by atomic mass is 10.00. The number of ether oxygens (including phenoxy) is 1. The van der Waals surface area contributed by atoms with Crippen molar-refractivity contribution in [2.75, 3.05) is 6.61 Å². The van der Waals surface area contributed by atoms with Crippen molar-refractivity contribution in [3.8, 4) is 0 Å². The maximum Gasteiger partial charge on any atom is 0.417 e. The van der Waals surface area contributed by atoms with Crippen molar-refractivity contribution in [3.63, 3.8) is 0 Å². The monoisotopic (exact) mass is 638 g/mol. The molecule has 44 heavy (non-hydrogen) atoms. The molecule has 1 rings (SSSR count). The van der Waals surface area contributed by atoms with Crippen LogP contribution in [0.5, 0.6) is 0 Å². The first kappa shape index (κ1) is 38.9. The normalized spacial score (nSPS) is 13.3. The van der Waals surface area contributed by atoms with Crippen LogP contribution in [-0.2, 0) is 31.5 Å². The third-order valence-corrected chi connectivity index (χ3v) is 6.93. The highest BCUT2D eigenvalue weighted by Crippen LogP contribution is 2.39. The Morgan fingerprint density at radius 2 is 1.27 bits per heavy atom. The van der Waals surface area contributed by atoms with Gasteiger partial charge in [0.1, 0.15) is 6.04 Å². The number of carbonyl (C=O) groups is 4. The van der Waals surface area contributed by atoms with E-state index in [-0.39, 0.29) is 24.7 Å². The summed E-state index contributed by atoms with van der Waals surface area (Å²) < 4.78 is 84.6. The Morgan fingerprint density at radius 1 is 0.773 bits per heavy atom. The van der Waals surface area contributed by atoms with Crippen molar-refractivity contribution in [1.82, 2.24) is 10.6 Å². The molecule has 0 saturated carbocycles. The molecule has 1 aromatic rings. The SMILES string of the molecule is CCCCCCCCCCCC(=O)N[C@@H](CC(C)C)C(=O)N[C@@H](C)C(=O)COC(=O)c1c(C(F)(F)F)cccc1C(F)(F)F. The number of nitrogens with one attached hydrogen (secondary N) is 2. The van der Waals surface area contributed by atoms with E-state index in [1.54, 1.807) is 0 Å². The quantitative estimate of drug-likeness (QED) is 0.0934. The minimum Gasteiger partial charge on any atom is -0.454 e. The molecule has 0 unspecified atom stereocenters. The van der Waals surface area contributed by atoms with Crippen LogP contribution in [0, 0.1) is 5.92 Å². The molecule has 13 heteroatoms. The third kappa shape index (κ3) is 14.1. The Labute approximate surface area is 254 Å². The van der Waals surface area contributed by atoms with E-state index in [1.165, 1.54) is 32.6 Å². The van der Waals surface area contributed by atoms with Crippen LogP contribution >= 0.6 is 0 Å². The Kier molecular flexibility index (Phi) is 16.5. The lowest BCUT2D eigenvalue weighted by Crippen LogP contribution is -2.51. The summed E-state index contributed by atoms with van der Waals surface area (Å²) >= 11 is 0. The number of alkyl halides is 6. The smallest absolute Gasteiger partial charge is 0.417 e. The maximum absolute atomic E-state index is 13.4. The number of amides is 2. The highest BCUT2D eigenvalue weighted by atomic mass is 19.4. The highest BCUT2D eigenvalue weighted by Gasteiger charge is 2.43. The molecule has 0 aliphatic rings. The van der Waals surface area contributed by atoms with Crippen LogP contribution in [0.3, 0.4) is 0 Å². The van der Waals surface area contributed by atoms with Crippen molar-refractivity contribution in [2.45, 2.75) is 123 Å². The number of hydrogen-bond donors (Lipinski definition) is 2. The van der Waals surface area contributed by atoms with Crippen LogP contribution in [0.2, 0.25) is 0 Å². The fourth-order valence-electron chi connectivity index (χ4n) is 4.54. The summed E-state index contributed by atoms with van der Waals surface area (Å²) in [5.41, 5.74) is -5.48. The molecule has 0 aromatic heterocycles. The Bertz CT molecular complexity index is 1060. The second kappa shape index (κ2) is 18.6. The molecule has 0 radical (unpaired) electrons. The standard InChI is InChI=1S/C31H44F6N2O5/c1-5-6-7-8-9-10-11-12-13-17-26(41)39-24(18-20(2)3)28(42)38-21(4)25(40)19-44-29(43)27-22(30(32,33)34)15-14-16-23(27)31(35,36)37/h14-16,20-21,24H,5-13,17-19H2,1-4H3,(H,38,42)(H,39,41)/t21-,24-/m0/s1. The number of hydrogen-bond acceptors (Lipinski definition) is 5. The van der Waals surface area contributed by atoms with Crippen molar-refractivity contribution < 1.29 is 50.3 Å². The van der Waals surface area contributed by atoms with Crippen LogP contribution in [0.4, 0.5) is 26.3 Å². The molecule has 2 atom stereocenters. The molecule has 0 aliphatic heterocycles. The molecule has 0 saturated heterocycles. The van der Waals surface area contributed by atoms with Gasteiger partial charge >= 0.3 is 18.3 Å². The van der Waals surface area contributed by atoms with Crippen LogP contribution in [0.25, 0.3) is 0 Å². The first-order valence-electron chi connectivity index (χ1n) is 15.1. The zero-order valence-corrected chi connectivity index (χ0v) is 25.8. The fourth-order valence-corrected chi connectivity index (χ4v) is 4.54. The van der Waals surface area contributed by atoms with Crippen molar-refractivity contribution in [1.29, 1.82) is 0 Å². The summed E-state index contributed by atoms with van der Waals surface area (Å²) in [4.78, 5) is 50.3. The van der Waals surface area contributed by atoms with Crippen LogP contribution in [0.1, 0.15) is 120 Å². The summed E-state index contributed by atoms with van der Waals surface area (Å²) in [5.74, 6) is -4.01. The van der Waals surface area contributed by atoms with E-state index in [9.17, 15) is 45.5 Å². The lowest BCUT2D eigenvalue weighted by Gasteiger charge is -2.22. The van der Waals surface area contributed by atoms with Gasteiger partial charge < -0.3 is 15.4 Å². The molecule has 2 N–H and O–H groups in total. The molecule has 250 valence electrons. The number of benzene rings is 1. The maximum atomic E-state index is 13.4. The number of esters is 1. The Hall–Kier alpha value is -3.12.